The Morgan fingerprint density at radius 2 is 1.71 bits per heavy atom. The van der Waals surface area contributed by atoms with Gasteiger partial charge in [-0.3, -0.25) is 9.59 Å². The second-order valence-electron chi connectivity index (χ2n) is 5.28. The van der Waals surface area contributed by atoms with E-state index in [-0.39, 0.29) is 35.7 Å². The van der Waals surface area contributed by atoms with Crippen molar-refractivity contribution in [3.63, 3.8) is 0 Å². The molecule has 1 aromatic carbocycles. The predicted octanol–water partition coefficient (Wildman–Crippen LogP) is 1.41. The third-order valence-electron chi connectivity index (χ3n) is 3.29. The van der Waals surface area contributed by atoms with Crippen molar-refractivity contribution in [1.82, 2.24) is 0 Å². The molecule has 1 aliphatic heterocycles. The van der Waals surface area contributed by atoms with E-state index < -0.39 is 9.84 Å². The lowest BCUT2D eigenvalue weighted by atomic mass is 10.1. The van der Waals surface area contributed by atoms with Gasteiger partial charge in [0.2, 0.25) is 11.8 Å². The number of carbonyl (C=O) groups excluding carboxylic acids is 2. The van der Waals surface area contributed by atoms with E-state index in [9.17, 15) is 18.0 Å². The number of hydrogen-bond donors (Lipinski definition) is 2. The lowest BCUT2D eigenvalue weighted by Gasteiger charge is -2.09. The molecule has 1 fully saturated rings. The molecule has 0 aromatic heterocycles. The molecular formula is C14H18N2O4S. The van der Waals surface area contributed by atoms with Crippen LogP contribution in [0.2, 0.25) is 0 Å². The van der Waals surface area contributed by atoms with Crippen LogP contribution in [-0.4, -0.2) is 31.7 Å². The lowest BCUT2D eigenvalue weighted by Crippen LogP contribution is -2.17. The Balaban J connectivity index is 1.86. The van der Waals surface area contributed by atoms with Crippen LogP contribution in [0, 0.1) is 5.92 Å². The fourth-order valence-corrected chi connectivity index (χ4v) is 4.21. The Morgan fingerprint density at radius 3 is 2.19 bits per heavy atom. The van der Waals surface area contributed by atoms with Gasteiger partial charge in [0.1, 0.15) is 0 Å². The molecule has 7 heteroatoms. The first-order valence-electron chi connectivity index (χ1n) is 6.72. The van der Waals surface area contributed by atoms with E-state index in [1.54, 1.807) is 24.3 Å². The second kappa shape index (κ2) is 6.26. The van der Waals surface area contributed by atoms with Crippen LogP contribution >= 0.6 is 0 Å². The summed E-state index contributed by atoms with van der Waals surface area (Å²) < 4.78 is 22.7. The minimum absolute atomic E-state index is 0.0892. The van der Waals surface area contributed by atoms with Gasteiger partial charge in [0.25, 0.3) is 0 Å². The summed E-state index contributed by atoms with van der Waals surface area (Å²) in [5, 5.41) is 5.36. The Bertz CT molecular complexity index is 637. The SMILES string of the molecule is CC(=O)Nc1ccc(NC(=O)C[C@H]2CCS(=O)(=O)C2)cc1. The predicted molar refractivity (Wildman–Crippen MR) is 80.8 cm³/mol. The van der Waals surface area contributed by atoms with Crippen LogP contribution in [0.15, 0.2) is 24.3 Å². The summed E-state index contributed by atoms with van der Waals surface area (Å²) in [5.74, 6) is -0.162. The number of anilines is 2. The van der Waals surface area contributed by atoms with E-state index in [1.165, 1.54) is 6.92 Å². The van der Waals surface area contributed by atoms with Gasteiger partial charge in [-0.2, -0.15) is 0 Å². The van der Waals surface area contributed by atoms with Gasteiger partial charge in [0, 0.05) is 24.7 Å². The zero-order valence-electron chi connectivity index (χ0n) is 11.8. The van der Waals surface area contributed by atoms with E-state index in [4.69, 9.17) is 0 Å². The number of hydrogen-bond acceptors (Lipinski definition) is 4. The van der Waals surface area contributed by atoms with Crippen LogP contribution in [0.3, 0.4) is 0 Å². The maximum Gasteiger partial charge on any atom is 0.224 e. The van der Waals surface area contributed by atoms with Gasteiger partial charge >= 0.3 is 0 Å². The smallest absolute Gasteiger partial charge is 0.224 e. The Morgan fingerprint density at radius 1 is 1.14 bits per heavy atom. The van der Waals surface area contributed by atoms with Gasteiger partial charge in [-0.1, -0.05) is 0 Å². The maximum atomic E-state index is 11.9. The molecule has 21 heavy (non-hydrogen) atoms. The lowest BCUT2D eigenvalue weighted by molar-refractivity contribution is -0.117. The van der Waals surface area contributed by atoms with E-state index in [2.05, 4.69) is 10.6 Å². The van der Waals surface area contributed by atoms with Crippen molar-refractivity contribution in [2.24, 2.45) is 5.92 Å². The number of amides is 2. The third kappa shape index (κ3) is 4.86. The van der Waals surface area contributed by atoms with Crippen LogP contribution in [0.5, 0.6) is 0 Å². The Labute approximate surface area is 123 Å². The molecule has 1 aliphatic rings. The van der Waals surface area contributed by atoms with Crippen LogP contribution in [-0.2, 0) is 19.4 Å². The molecule has 0 bridgehead atoms. The molecule has 2 rings (SSSR count). The zero-order chi connectivity index (χ0) is 15.5. The number of sulfone groups is 1. The summed E-state index contributed by atoms with van der Waals surface area (Å²) in [6.45, 7) is 1.42. The topological polar surface area (TPSA) is 92.3 Å². The maximum absolute atomic E-state index is 11.9. The third-order valence-corrected chi connectivity index (χ3v) is 5.13. The Hall–Kier alpha value is -1.89. The molecule has 0 radical (unpaired) electrons. The van der Waals surface area contributed by atoms with Crippen LogP contribution in [0.1, 0.15) is 19.8 Å². The highest BCUT2D eigenvalue weighted by molar-refractivity contribution is 7.91. The molecule has 1 heterocycles. The molecule has 0 saturated carbocycles. The summed E-state index contributed by atoms with van der Waals surface area (Å²) >= 11 is 0. The largest absolute Gasteiger partial charge is 0.326 e. The number of nitrogens with one attached hydrogen (secondary N) is 2. The minimum atomic E-state index is -2.95. The Kier molecular flexibility index (Phi) is 4.62. The van der Waals surface area contributed by atoms with Crippen molar-refractivity contribution in [2.45, 2.75) is 19.8 Å². The number of rotatable bonds is 4. The van der Waals surface area contributed by atoms with Crippen molar-refractivity contribution >= 4 is 33.0 Å². The van der Waals surface area contributed by atoms with Crippen LogP contribution < -0.4 is 10.6 Å². The van der Waals surface area contributed by atoms with Gasteiger partial charge in [0.15, 0.2) is 9.84 Å². The van der Waals surface area contributed by atoms with Crippen LogP contribution in [0.25, 0.3) is 0 Å². The highest BCUT2D eigenvalue weighted by Gasteiger charge is 2.29. The molecule has 0 spiro atoms. The van der Waals surface area contributed by atoms with E-state index in [1.807, 2.05) is 0 Å². The quantitative estimate of drug-likeness (QED) is 0.879. The average molecular weight is 310 g/mol. The molecule has 1 saturated heterocycles. The molecule has 2 N–H and O–H groups in total. The van der Waals surface area contributed by atoms with Crippen LogP contribution in [0.4, 0.5) is 11.4 Å². The van der Waals surface area contributed by atoms with Crippen molar-refractivity contribution in [2.75, 3.05) is 22.1 Å². The van der Waals surface area contributed by atoms with Gasteiger partial charge in [-0.25, -0.2) is 8.42 Å². The van der Waals surface area contributed by atoms with E-state index in [0.717, 1.165) is 0 Å². The fraction of sp³-hybridized carbons (Fsp3) is 0.429. The molecule has 6 nitrogen and oxygen atoms in total. The van der Waals surface area contributed by atoms with Crippen molar-refractivity contribution in [1.29, 1.82) is 0 Å². The highest BCUT2D eigenvalue weighted by atomic mass is 32.2. The summed E-state index contributed by atoms with van der Waals surface area (Å²) in [6, 6.07) is 6.76. The average Bonchev–Trinajstić information content (AvgIpc) is 2.70. The molecule has 114 valence electrons. The molecule has 1 atom stereocenters. The second-order valence-corrected chi connectivity index (χ2v) is 7.51. The van der Waals surface area contributed by atoms with E-state index >= 15 is 0 Å². The van der Waals surface area contributed by atoms with Gasteiger partial charge in [-0.15, -0.1) is 0 Å². The summed E-state index contributed by atoms with van der Waals surface area (Å²) in [6.07, 6.45) is 0.768. The standard InChI is InChI=1S/C14H18N2O4S/c1-10(17)15-12-2-4-13(5-3-12)16-14(18)8-11-6-7-21(19,20)9-11/h2-5,11H,6-9H2,1H3,(H,15,17)(H,16,18)/t11-/m1/s1. The highest BCUT2D eigenvalue weighted by Crippen LogP contribution is 2.22. The molecule has 0 aliphatic carbocycles. The molecule has 2 amide bonds. The van der Waals surface area contributed by atoms with Gasteiger partial charge in [-0.05, 0) is 36.6 Å². The number of benzene rings is 1. The normalized spacial score (nSPS) is 20.0. The summed E-state index contributed by atoms with van der Waals surface area (Å²) in [5.41, 5.74) is 1.28. The first kappa shape index (κ1) is 15.5. The summed E-state index contributed by atoms with van der Waals surface area (Å²) in [7, 11) is -2.95. The fourth-order valence-electron chi connectivity index (χ4n) is 2.35. The first-order chi connectivity index (χ1) is 9.84. The van der Waals surface area contributed by atoms with Crippen molar-refractivity contribution in [3.05, 3.63) is 24.3 Å². The minimum Gasteiger partial charge on any atom is -0.326 e. The number of carbonyl (C=O) groups is 2. The van der Waals surface area contributed by atoms with Crippen molar-refractivity contribution in [3.8, 4) is 0 Å². The van der Waals surface area contributed by atoms with Gasteiger partial charge < -0.3 is 10.6 Å². The first-order valence-corrected chi connectivity index (χ1v) is 8.54. The monoisotopic (exact) mass is 310 g/mol. The van der Waals surface area contributed by atoms with Gasteiger partial charge in [0.05, 0.1) is 11.5 Å². The molecular weight excluding hydrogens is 292 g/mol. The molecule has 1 aromatic rings. The molecule has 0 unspecified atom stereocenters. The van der Waals surface area contributed by atoms with Crippen molar-refractivity contribution < 1.29 is 18.0 Å². The van der Waals surface area contributed by atoms with E-state index in [0.29, 0.717) is 17.8 Å². The summed E-state index contributed by atoms with van der Waals surface area (Å²) in [4.78, 5) is 22.8. The zero-order valence-corrected chi connectivity index (χ0v) is 12.6.